The molecule has 0 aliphatic heterocycles. The molecular formula is C25H20BrN3O2. The summed E-state index contributed by atoms with van der Waals surface area (Å²) in [4.78, 5) is 28.9. The molecule has 4 aromatic rings. The fourth-order valence-corrected chi connectivity index (χ4v) is 3.46. The second-order valence-corrected chi connectivity index (χ2v) is 7.89. The summed E-state index contributed by atoms with van der Waals surface area (Å²) >= 11 is 3.40. The predicted molar refractivity (Wildman–Crippen MR) is 126 cm³/mol. The summed E-state index contributed by atoms with van der Waals surface area (Å²) in [5, 5.41) is 6.63. The SMILES string of the molecule is O=C(NCc1ccc(Br)cc1)/C(=C/c1c[nH]c2ccccc12)NC(=O)c1ccccc1. The van der Waals surface area contributed by atoms with Gasteiger partial charge in [-0.1, -0.05) is 64.5 Å². The molecule has 154 valence electrons. The molecule has 31 heavy (non-hydrogen) atoms. The third kappa shape index (κ3) is 5.10. The molecule has 3 aromatic carbocycles. The van der Waals surface area contributed by atoms with Crippen LogP contribution in [-0.2, 0) is 11.3 Å². The van der Waals surface area contributed by atoms with Crippen molar-refractivity contribution in [3.8, 4) is 0 Å². The van der Waals surface area contributed by atoms with E-state index in [1.165, 1.54) is 0 Å². The van der Waals surface area contributed by atoms with Gasteiger partial charge in [-0.05, 0) is 42.0 Å². The number of para-hydroxylation sites is 1. The molecule has 0 spiro atoms. The maximum absolute atomic E-state index is 13.0. The van der Waals surface area contributed by atoms with Crippen LogP contribution in [0.25, 0.3) is 17.0 Å². The monoisotopic (exact) mass is 473 g/mol. The number of halogens is 1. The van der Waals surface area contributed by atoms with Crippen molar-refractivity contribution < 1.29 is 9.59 Å². The normalized spacial score (nSPS) is 11.3. The van der Waals surface area contributed by atoms with Gasteiger partial charge in [0.2, 0.25) is 0 Å². The van der Waals surface area contributed by atoms with Gasteiger partial charge in [-0.2, -0.15) is 0 Å². The number of H-pyrrole nitrogens is 1. The van der Waals surface area contributed by atoms with Crippen molar-refractivity contribution in [1.29, 1.82) is 0 Å². The van der Waals surface area contributed by atoms with Crippen molar-refractivity contribution in [1.82, 2.24) is 15.6 Å². The molecule has 0 unspecified atom stereocenters. The number of rotatable bonds is 6. The quantitative estimate of drug-likeness (QED) is 0.344. The highest BCUT2D eigenvalue weighted by Gasteiger charge is 2.15. The van der Waals surface area contributed by atoms with Crippen LogP contribution in [0.2, 0.25) is 0 Å². The minimum absolute atomic E-state index is 0.177. The molecule has 5 nitrogen and oxygen atoms in total. The van der Waals surface area contributed by atoms with Crippen LogP contribution in [0.15, 0.2) is 95.2 Å². The Bertz CT molecular complexity index is 1240. The minimum atomic E-state index is -0.363. The Balaban J connectivity index is 1.60. The van der Waals surface area contributed by atoms with Gasteiger partial charge in [-0.25, -0.2) is 0 Å². The van der Waals surface area contributed by atoms with Crippen LogP contribution >= 0.6 is 15.9 Å². The Kier molecular flexibility index (Phi) is 6.29. The van der Waals surface area contributed by atoms with Crippen LogP contribution in [0.1, 0.15) is 21.5 Å². The summed E-state index contributed by atoms with van der Waals surface area (Å²) in [6.45, 7) is 0.346. The lowest BCUT2D eigenvalue weighted by atomic mass is 10.1. The maximum Gasteiger partial charge on any atom is 0.268 e. The topological polar surface area (TPSA) is 74.0 Å². The Labute approximate surface area is 188 Å². The first kappa shape index (κ1) is 20.6. The summed E-state index contributed by atoms with van der Waals surface area (Å²) in [7, 11) is 0. The number of hydrogen-bond donors (Lipinski definition) is 3. The van der Waals surface area contributed by atoms with Gasteiger partial charge < -0.3 is 15.6 Å². The molecule has 0 aliphatic carbocycles. The molecule has 1 heterocycles. The van der Waals surface area contributed by atoms with E-state index in [4.69, 9.17) is 0 Å². The van der Waals surface area contributed by atoms with Crippen LogP contribution in [0.5, 0.6) is 0 Å². The Hall–Kier alpha value is -3.64. The van der Waals surface area contributed by atoms with E-state index in [9.17, 15) is 9.59 Å². The van der Waals surface area contributed by atoms with Gasteiger partial charge in [0.1, 0.15) is 5.70 Å². The number of amides is 2. The van der Waals surface area contributed by atoms with Crippen molar-refractivity contribution >= 4 is 44.7 Å². The summed E-state index contributed by atoms with van der Waals surface area (Å²) in [5.74, 6) is -0.706. The zero-order valence-corrected chi connectivity index (χ0v) is 18.1. The number of benzene rings is 3. The van der Waals surface area contributed by atoms with E-state index in [1.807, 2.05) is 60.8 Å². The lowest BCUT2D eigenvalue weighted by Crippen LogP contribution is -2.34. The molecule has 0 aliphatic rings. The first-order chi connectivity index (χ1) is 15.1. The number of carbonyl (C=O) groups is 2. The molecule has 2 amide bonds. The number of carbonyl (C=O) groups excluding carboxylic acids is 2. The van der Waals surface area contributed by atoms with Gasteiger partial charge in [0.25, 0.3) is 11.8 Å². The lowest BCUT2D eigenvalue weighted by Gasteiger charge is -2.11. The minimum Gasteiger partial charge on any atom is -0.361 e. The fraction of sp³-hybridized carbons (Fsp3) is 0.0400. The molecule has 0 fully saturated rings. The van der Waals surface area contributed by atoms with Gasteiger partial charge in [-0.3, -0.25) is 9.59 Å². The zero-order valence-electron chi connectivity index (χ0n) is 16.6. The smallest absolute Gasteiger partial charge is 0.268 e. The summed E-state index contributed by atoms with van der Waals surface area (Å²) in [6, 6.07) is 24.3. The Morgan fingerprint density at radius 1 is 0.903 bits per heavy atom. The molecule has 3 N–H and O–H groups in total. The van der Waals surface area contributed by atoms with Crippen molar-refractivity contribution in [2.24, 2.45) is 0 Å². The summed E-state index contributed by atoms with van der Waals surface area (Å²) in [6.07, 6.45) is 3.51. The van der Waals surface area contributed by atoms with Gasteiger partial charge >= 0.3 is 0 Å². The van der Waals surface area contributed by atoms with E-state index in [0.29, 0.717) is 12.1 Å². The van der Waals surface area contributed by atoms with Crippen molar-refractivity contribution in [2.75, 3.05) is 0 Å². The summed E-state index contributed by atoms with van der Waals surface area (Å²) in [5.41, 5.74) is 3.39. The fourth-order valence-electron chi connectivity index (χ4n) is 3.19. The first-order valence-corrected chi connectivity index (χ1v) is 10.6. The second-order valence-electron chi connectivity index (χ2n) is 6.98. The van der Waals surface area contributed by atoms with Crippen LogP contribution in [0.3, 0.4) is 0 Å². The third-order valence-corrected chi connectivity index (χ3v) is 5.34. The van der Waals surface area contributed by atoms with Crippen LogP contribution in [-0.4, -0.2) is 16.8 Å². The van der Waals surface area contributed by atoms with Crippen molar-refractivity contribution in [3.05, 3.63) is 112 Å². The van der Waals surface area contributed by atoms with Gasteiger partial charge in [0.05, 0.1) is 0 Å². The van der Waals surface area contributed by atoms with Crippen molar-refractivity contribution in [3.63, 3.8) is 0 Å². The lowest BCUT2D eigenvalue weighted by molar-refractivity contribution is -0.117. The highest BCUT2D eigenvalue weighted by molar-refractivity contribution is 9.10. The molecule has 1 aromatic heterocycles. The van der Waals surface area contributed by atoms with Gasteiger partial charge in [0, 0.05) is 39.2 Å². The molecule has 0 radical (unpaired) electrons. The molecule has 4 rings (SSSR count). The first-order valence-electron chi connectivity index (χ1n) is 9.77. The van der Waals surface area contributed by atoms with Gasteiger partial charge in [0.15, 0.2) is 0 Å². The van der Waals surface area contributed by atoms with Gasteiger partial charge in [-0.15, -0.1) is 0 Å². The van der Waals surface area contributed by atoms with E-state index in [1.54, 1.807) is 30.3 Å². The number of aromatic amines is 1. The van der Waals surface area contributed by atoms with E-state index < -0.39 is 0 Å². The average molecular weight is 474 g/mol. The number of fused-ring (bicyclic) bond motifs is 1. The third-order valence-electron chi connectivity index (χ3n) is 4.82. The van der Waals surface area contributed by atoms with E-state index in [2.05, 4.69) is 31.5 Å². The Morgan fingerprint density at radius 3 is 2.39 bits per heavy atom. The van der Waals surface area contributed by atoms with Crippen molar-refractivity contribution in [2.45, 2.75) is 6.54 Å². The van der Waals surface area contributed by atoms with E-state index in [-0.39, 0.29) is 17.5 Å². The van der Waals surface area contributed by atoms with E-state index >= 15 is 0 Å². The number of hydrogen-bond acceptors (Lipinski definition) is 2. The largest absolute Gasteiger partial charge is 0.361 e. The molecule has 0 saturated heterocycles. The summed E-state index contributed by atoms with van der Waals surface area (Å²) < 4.78 is 0.970. The maximum atomic E-state index is 13.0. The second kappa shape index (κ2) is 9.45. The highest BCUT2D eigenvalue weighted by atomic mass is 79.9. The Morgan fingerprint density at radius 2 is 1.61 bits per heavy atom. The van der Waals surface area contributed by atoms with E-state index in [0.717, 1.165) is 26.5 Å². The average Bonchev–Trinajstić information content (AvgIpc) is 3.21. The van der Waals surface area contributed by atoms with Crippen LogP contribution < -0.4 is 10.6 Å². The zero-order chi connectivity index (χ0) is 21.6. The highest BCUT2D eigenvalue weighted by Crippen LogP contribution is 2.20. The van der Waals surface area contributed by atoms with Crippen LogP contribution in [0.4, 0.5) is 0 Å². The molecular weight excluding hydrogens is 454 g/mol. The number of aromatic nitrogens is 1. The van der Waals surface area contributed by atoms with Crippen LogP contribution in [0, 0.1) is 0 Å². The number of nitrogens with one attached hydrogen (secondary N) is 3. The predicted octanol–water partition coefficient (Wildman–Crippen LogP) is 5.02. The standard InChI is InChI=1S/C25H20BrN3O2/c26-20-12-10-17(11-13-20)15-28-25(31)23(29-24(30)18-6-2-1-3-7-18)14-19-16-27-22-9-5-4-8-21(19)22/h1-14,16,27H,15H2,(H,28,31)(H,29,30)/b23-14-. The molecule has 0 bridgehead atoms. The molecule has 0 saturated carbocycles. The molecule has 6 heteroatoms. The molecule has 0 atom stereocenters.